The van der Waals surface area contributed by atoms with Crippen molar-refractivity contribution in [1.29, 1.82) is 0 Å². The molecule has 0 unspecified atom stereocenters. The van der Waals surface area contributed by atoms with E-state index in [0.29, 0.717) is 23.4 Å². The lowest BCUT2D eigenvalue weighted by atomic mass is 9.75. The van der Waals surface area contributed by atoms with Gasteiger partial charge >= 0.3 is 0 Å². The van der Waals surface area contributed by atoms with Gasteiger partial charge in [0.15, 0.2) is 0 Å². The molecule has 0 aliphatic carbocycles. The fraction of sp³-hybridized carbons (Fsp3) is 0.554. The number of aryl methyl sites for hydroxylation is 1. The number of hydrogen-bond donors (Lipinski definition) is 4. The molecule has 4 saturated heterocycles. The minimum atomic E-state index is -0.849. The number of unbranched alkanes of at least 4 members (excludes halogenated alkanes) is 6. The number of nitrogens with one attached hydrogen (secondary N) is 3. The molecule has 14 nitrogen and oxygen atoms in total. The van der Waals surface area contributed by atoms with E-state index in [2.05, 4.69) is 40.2 Å². The first-order chi connectivity index (χ1) is 35.4. The second-order valence-electron chi connectivity index (χ2n) is 22.4. The molecule has 0 radical (unpaired) electrons. The van der Waals surface area contributed by atoms with Crippen molar-refractivity contribution in [2.75, 3.05) is 75.2 Å². The topological polar surface area (TPSA) is 151 Å². The van der Waals surface area contributed by atoms with Gasteiger partial charge in [0.05, 0.1) is 51.0 Å². The lowest BCUT2D eigenvalue weighted by molar-refractivity contribution is -0.144. The zero-order valence-electron chi connectivity index (χ0n) is 43.6. The molecule has 3 aromatic carbocycles. The maximum absolute atomic E-state index is 14.2. The number of aliphatic hydroxyl groups excluding tert-OH is 1. The monoisotopic (exact) mass is 1070 g/mol. The average molecular weight is 1070 g/mol. The van der Waals surface area contributed by atoms with Gasteiger partial charge in [0.25, 0.3) is 0 Å². The average Bonchev–Trinajstić information content (AvgIpc) is 4.06. The van der Waals surface area contributed by atoms with Crippen LogP contribution in [-0.4, -0.2) is 131 Å². The highest BCUT2D eigenvalue weighted by atomic mass is 35.5. The van der Waals surface area contributed by atoms with Crippen LogP contribution in [0.4, 0.5) is 16.0 Å². The molecule has 3 amide bonds. The predicted octanol–water partition coefficient (Wildman–Crippen LogP) is 8.98. The Bertz CT molecular complexity index is 2780. The minimum Gasteiger partial charge on any atom is -0.391 e. The lowest BCUT2D eigenvalue weighted by Gasteiger charge is -2.56. The quantitative estimate of drug-likeness (QED) is 0.0557. The number of carbonyl (C=O) groups is 3. The Morgan fingerprint density at radius 3 is 2.27 bits per heavy atom. The Kier molecular flexibility index (Phi) is 16.9. The third-order valence-corrected chi connectivity index (χ3v) is 17.1. The molecule has 4 fully saturated rings. The number of rotatable bonds is 20. The van der Waals surface area contributed by atoms with Gasteiger partial charge in [-0.2, -0.15) is 0 Å². The number of fused-ring (bicyclic) bond motifs is 1. The summed E-state index contributed by atoms with van der Waals surface area (Å²) in [5.74, 6) is -0.373. The summed E-state index contributed by atoms with van der Waals surface area (Å²) in [7, 11) is 0. The van der Waals surface area contributed by atoms with E-state index in [4.69, 9.17) is 28.2 Å². The molecule has 18 heteroatoms. The third-order valence-electron chi connectivity index (χ3n) is 15.6. The summed E-state index contributed by atoms with van der Waals surface area (Å²) in [6.07, 6.45) is 6.88. The first-order valence-electron chi connectivity index (χ1n) is 26.6. The van der Waals surface area contributed by atoms with Crippen LogP contribution in [0, 0.1) is 23.6 Å². The molecule has 398 valence electrons. The van der Waals surface area contributed by atoms with Crippen LogP contribution in [0.1, 0.15) is 108 Å². The van der Waals surface area contributed by atoms with Crippen molar-refractivity contribution in [3.8, 4) is 10.4 Å². The molecular formula is C56H73Cl2FN10O4S. The summed E-state index contributed by atoms with van der Waals surface area (Å²) in [6, 6.07) is 15.0. The molecule has 0 saturated carbocycles. The number of aromatic nitrogens is 3. The predicted molar refractivity (Wildman–Crippen MR) is 295 cm³/mol. The number of anilines is 2. The highest BCUT2D eigenvalue weighted by molar-refractivity contribution is 7.13. The largest absolute Gasteiger partial charge is 0.391 e. The van der Waals surface area contributed by atoms with Gasteiger partial charge in [-0.3, -0.25) is 19.3 Å². The van der Waals surface area contributed by atoms with Crippen molar-refractivity contribution in [2.45, 2.75) is 123 Å². The van der Waals surface area contributed by atoms with Crippen LogP contribution >= 0.6 is 34.5 Å². The number of likely N-dealkylation sites (tertiary alicyclic amines) is 1. The highest BCUT2D eigenvalue weighted by Crippen LogP contribution is 2.41. The van der Waals surface area contributed by atoms with Crippen LogP contribution in [0.3, 0.4) is 0 Å². The Hall–Kier alpha value is -4.84. The van der Waals surface area contributed by atoms with Crippen LogP contribution in [0.25, 0.3) is 21.5 Å². The number of piperazine rings is 1. The lowest BCUT2D eigenvalue weighted by Crippen LogP contribution is -2.71. The second-order valence-corrected chi connectivity index (χ2v) is 24.1. The summed E-state index contributed by atoms with van der Waals surface area (Å²) < 4.78 is 16.3. The zero-order chi connectivity index (χ0) is 52.3. The number of imidazole rings is 1. The van der Waals surface area contributed by atoms with Crippen molar-refractivity contribution >= 4 is 74.9 Å². The molecule has 0 bridgehead atoms. The van der Waals surface area contributed by atoms with Gasteiger partial charge in [0.1, 0.15) is 23.4 Å². The van der Waals surface area contributed by atoms with Crippen LogP contribution in [0.5, 0.6) is 0 Å². The highest BCUT2D eigenvalue weighted by Gasteiger charge is 2.49. The summed E-state index contributed by atoms with van der Waals surface area (Å²) in [4.78, 5) is 60.7. The van der Waals surface area contributed by atoms with E-state index in [1.807, 2.05) is 76.5 Å². The zero-order valence-corrected chi connectivity index (χ0v) is 45.9. The van der Waals surface area contributed by atoms with Crippen molar-refractivity contribution < 1.29 is 23.9 Å². The number of amides is 3. The Balaban J connectivity index is 0.687. The van der Waals surface area contributed by atoms with Crippen molar-refractivity contribution in [3.05, 3.63) is 92.8 Å². The number of halogens is 3. The SMILES string of the molecule is Cc1ncsc1-c1ccc([C@H](C)NC(=O)[C@@H]2C[C@@H](O)CN2C(=O)[C@@H](NC(=O)CCCCCCCCCN2CCN(c3cc(Cl)cc4c3nc(N3CC5(CNC5)C3)n4Cc3ccc(F)c(Cl)c3)CC2)C(C)(C)C)cc1. The molecule has 5 aromatic rings. The number of carbonyl (C=O) groups excluding carboxylic acids is 3. The van der Waals surface area contributed by atoms with E-state index >= 15 is 0 Å². The van der Waals surface area contributed by atoms with Gasteiger partial charge < -0.3 is 40.3 Å². The number of β-amino-alcohol motifs (C(OH)–C–C–N with tert-alkyl or cyclic N) is 1. The van der Waals surface area contributed by atoms with Crippen molar-refractivity contribution in [2.24, 2.45) is 10.8 Å². The van der Waals surface area contributed by atoms with Gasteiger partial charge in [0, 0.05) is 82.2 Å². The smallest absolute Gasteiger partial charge is 0.246 e. The molecule has 74 heavy (non-hydrogen) atoms. The van der Waals surface area contributed by atoms with Gasteiger partial charge in [0.2, 0.25) is 23.7 Å². The molecule has 9 rings (SSSR count). The number of thiazole rings is 1. The molecule has 1 spiro atoms. The number of hydrogen-bond acceptors (Lipinski definition) is 11. The molecule has 4 aliphatic heterocycles. The second kappa shape index (κ2) is 23.2. The minimum absolute atomic E-state index is 0.0342. The Labute approximate surface area is 449 Å². The molecule has 4 atom stereocenters. The van der Waals surface area contributed by atoms with Crippen LogP contribution in [0.2, 0.25) is 10.0 Å². The molecule has 6 heterocycles. The van der Waals surface area contributed by atoms with E-state index in [0.717, 1.165) is 154 Å². The van der Waals surface area contributed by atoms with Crippen LogP contribution in [0.15, 0.2) is 60.1 Å². The first-order valence-corrected chi connectivity index (χ1v) is 28.2. The van der Waals surface area contributed by atoms with E-state index in [9.17, 15) is 23.9 Å². The maximum Gasteiger partial charge on any atom is 0.246 e. The Morgan fingerprint density at radius 1 is 0.919 bits per heavy atom. The molecular weight excluding hydrogens is 999 g/mol. The van der Waals surface area contributed by atoms with Crippen molar-refractivity contribution in [1.82, 2.24) is 40.3 Å². The van der Waals surface area contributed by atoms with E-state index < -0.39 is 29.4 Å². The van der Waals surface area contributed by atoms with Crippen LogP contribution < -0.4 is 25.8 Å². The van der Waals surface area contributed by atoms with Crippen molar-refractivity contribution in [3.63, 3.8) is 0 Å². The van der Waals surface area contributed by atoms with E-state index in [-0.39, 0.29) is 41.8 Å². The molecule has 4 N–H and O–H groups in total. The van der Waals surface area contributed by atoms with Gasteiger partial charge in [-0.15, -0.1) is 11.3 Å². The summed E-state index contributed by atoms with van der Waals surface area (Å²) in [5, 5.41) is 21.0. The van der Waals surface area contributed by atoms with E-state index in [1.54, 1.807) is 23.5 Å². The summed E-state index contributed by atoms with van der Waals surface area (Å²) >= 11 is 14.7. The Morgan fingerprint density at radius 2 is 1.62 bits per heavy atom. The maximum atomic E-state index is 14.2. The normalized spacial score (nSPS) is 19.7. The fourth-order valence-electron chi connectivity index (χ4n) is 11.2. The summed E-state index contributed by atoms with van der Waals surface area (Å²) in [5.41, 5.74) is 8.35. The third kappa shape index (κ3) is 12.4. The van der Waals surface area contributed by atoms with Gasteiger partial charge in [-0.05, 0) is 79.6 Å². The molecule has 4 aliphatic rings. The first kappa shape index (κ1) is 54.0. The van der Waals surface area contributed by atoms with Gasteiger partial charge in [-0.1, -0.05) is 106 Å². The number of benzene rings is 3. The summed E-state index contributed by atoms with van der Waals surface area (Å²) in [6.45, 7) is 18.8. The van der Waals surface area contributed by atoms with E-state index in [1.165, 1.54) is 11.0 Å². The van der Waals surface area contributed by atoms with Gasteiger partial charge in [-0.25, -0.2) is 14.4 Å². The van der Waals surface area contributed by atoms with Crippen LogP contribution in [-0.2, 0) is 20.9 Å². The molecule has 2 aromatic heterocycles. The fourth-order valence-corrected chi connectivity index (χ4v) is 12.4. The standard InChI is InChI=1S/C56H73Cl2FN10O4S/c1-36(39-15-17-40(18-16-39)50-37(2)61-35-74-50)62-52(72)47-28-42(70)30-68(47)53(73)51(55(3,4)5)63-48(71)13-11-9-7-6-8-10-12-20-65-21-23-66(24-22-65)45-26-41(57)27-46-49(45)64-54(67-33-56(34-67)31-60-32-56)69(46)29-38-14-19-44(59)43(58)25-38/h14-19,25-27,35-36,42,47,51,60,70H,6-13,20-24,28-34H2,1-5H3,(H,62,72)(H,63,71)/t36-,42+,47-,51+/m0/s1. The number of nitrogens with zero attached hydrogens (tertiary/aromatic N) is 7. The number of aliphatic hydroxyl groups is 1.